The molecule has 0 aromatic carbocycles. The maximum absolute atomic E-state index is 12.6. The summed E-state index contributed by atoms with van der Waals surface area (Å²) in [5.74, 6) is -0.102. The van der Waals surface area contributed by atoms with Crippen LogP contribution in [0.15, 0.2) is 6.33 Å². The maximum Gasteiger partial charge on any atom is 0.359 e. The van der Waals surface area contributed by atoms with Gasteiger partial charge in [0.05, 0.1) is 25.1 Å². The molecule has 0 bridgehead atoms. The van der Waals surface area contributed by atoms with Crippen LogP contribution < -0.4 is 5.73 Å². The molecule has 0 fully saturated rings. The van der Waals surface area contributed by atoms with Crippen LogP contribution in [0.25, 0.3) is 11.2 Å². The molecule has 14 heteroatoms. The summed E-state index contributed by atoms with van der Waals surface area (Å²) in [6, 6.07) is 0. The van der Waals surface area contributed by atoms with Crippen LogP contribution in [0.1, 0.15) is 53.2 Å². The van der Waals surface area contributed by atoms with E-state index in [9.17, 15) is 24.8 Å². The quantitative estimate of drug-likeness (QED) is 0.213. The van der Waals surface area contributed by atoms with Crippen LogP contribution in [0, 0.1) is 0 Å². The number of nitrogen functional groups attached to an aromatic ring is 1. The first-order valence-electron chi connectivity index (χ1n) is 10.1. The number of rotatable bonds is 12. The van der Waals surface area contributed by atoms with Gasteiger partial charge in [0.2, 0.25) is 5.95 Å². The summed E-state index contributed by atoms with van der Waals surface area (Å²) in [5, 5.41) is 28.2. The van der Waals surface area contributed by atoms with Gasteiger partial charge in [-0.2, -0.15) is 9.97 Å². The molecule has 0 spiro atoms. The lowest BCUT2D eigenvalue weighted by molar-refractivity contribution is -0.107. The molecule has 0 amide bonds. The highest BCUT2D eigenvalue weighted by Gasteiger charge is 2.46. The lowest BCUT2D eigenvalue weighted by Gasteiger charge is -2.36. The first-order chi connectivity index (χ1) is 14.8. The van der Waals surface area contributed by atoms with Gasteiger partial charge in [0.1, 0.15) is 11.6 Å². The summed E-state index contributed by atoms with van der Waals surface area (Å²) < 4.78 is 25.3. The number of ether oxygens (including phenoxy) is 1. The van der Waals surface area contributed by atoms with E-state index in [4.69, 9.17) is 26.6 Å². The molecule has 32 heavy (non-hydrogen) atoms. The van der Waals surface area contributed by atoms with Crippen molar-refractivity contribution in [2.75, 3.05) is 18.9 Å². The average molecular weight is 496 g/mol. The summed E-state index contributed by atoms with van der Waals surface area (Å²) in [7, 11) is -4.36. The molecule has 0 radical (unpaired) electrons. The van der Waals surface area contributed by atoms with Crippen LogP contribution in [0.2, 0.25) is 5.15 Å². The molecule has 0 aliphatic heterocycles. The third-order valence-corrected chi connectivity index (χ3v) is 7.96. The zero-order valence-corrected chi connectivity index (χ0v) is 20.1. The molecule has 2 aromatic heterocycles. The first-order valence-corrected chi connectivity index (χ1v) is 12.1. The van der Waals surface area contributed by atoms with Crippen molar-refractivity contribution in [3.05, 3.63) is 11.5 Å². The van der Waals surface area contributed by atoms with Gasteiger partial charge in [0, 0.05) is 6.42 Å². The Morgan fingerprint density at radius 1 is 1.31 bits per heavy atom. The van der Waals surface area contributed by atoms with E-state index in [-0.39, 0.29) is 41.7 Å². The second kappa shape index (κ2) is 10.3. The molecule has 12 nitrogen and oxygen atoms in total. The number of aliphatic hydroxyl groups is 3. The predicted octanol–water partition coefficient (Wildman–Crippen LogP) is 1.81. The summed E-state index contributed by atoms with van der Waals surface area (Å²) in [6.45, 7) is 5.57. The van der Waals surface area contributed by atoms with E-state index in [1.807, 2.05) is 0 Å². The van der Waals surface area contributed by atoms with Crippen molar-refractivity contribution in [3.63, 3.8) is 0 Å². The van der Waals surface area contributed by atoms with E-state index in [1.165, 1.54) is 17.8 Å². The second-order valence-corrected chi connectivity index (χ2v) is 10.5. The summed E-state index contributed by atoms with van der Waals surface area (Å²) >= 11 is 6.04. The van der Waals surface area contributed by atoms with Crippen molar-refractivity contribution in [2.45, 2.75) is 70.2 Å². The van der Waals surface area contributed by atoms with E-state index in [2.05, 4.69) is 15.0 Å². The molecular weight excluding hydrogens is 465 g/mol. The predicted molar refractivity (Wildman–Crippen MR) is 118 cm³/mol. The second-order valence-electron chi connectivity index (χ2n) is 7.94. The van der Waals surface area contributed by atoms with Gasteiger partial charge < -0.3 is 35.2 Å². The number of nitrogens with zero attached hydrogens (tertiary/aromatic N) is 4. The molecule has 5 atom stereocenters. The van der Waals surface area contributed by atoms with Crippen molar-refractivity contribution in [3.8, 4) is 0 Å². The average Bonchev–Trinajstić information content (AvgIpc) is 3.14. The van der Waals surface area contributed by atoms with Gasteiger partial charge in [0.25, 0.3) is 0 Å². The van der Waals surface area contributed by atoms with Gasteiger partial charge in [-0.15, -0.1) is 0 Å². The van der Waals surface area contributed by atoms with E-state index < -0.39 is 37.5 Å². The van der Waals surface area contributed by atoms with Crippen molar-refractivity contribution < 1.29 is 34.0 Å². The number of aromatic nitrogens is 4. The van der Waals surface area contributed by atoms with Crippen LogP contribution in [-0.4, -0.2) is 70.0 Å². The normalized spacial score (nSPS) is 19.8. The van der Waals surface area contributed by atoms with Gasteiger partial charge in [-0.25, -0.2) is 4.98 Å². The highest BCUT2D eigenvalue weighted by molar-refractivity contribution is 7.54. The Kier molecular flexibility index (Phi) is 8.63. The molecule has 2 rings (SSSR count). The third kappa shape index (κ3) is 5.75. The van der Waals surface area contributed by atoms with E-state index >= 15 is 0 Å². The summed E-state index contributed by atoms with van der Waals surface area (Å²) in [6.07, 6.45) is -0.612. The number of imidazole rings is 1. The molecule has 0 saturated carbocycles. The smallest absolute Gasteiger partial charge is 0.359 e. The van der Waals surface area contributed by atoms with Gasteiger partial charge in [0.15, 0.2) is 22.4 Å². The number of fused-ring (bicyclic) bond motifs is 1. The number of hydrogen-bond acceptors (Lipinski definition) is 10. The first kappa shape index (κ1) is 26.9. The zero-order valence-electron chi connectivity index (χ0n) is 18.5. The monoisotopic (exact) mass is 495 g/mol. The van der Waals surface area contributed by atoms with Gasteiger partial charge in [-0.3, -0.25) is 9.13 Å². The van der Waals surface area contributed by atoms with Crippen molar-refractivity contribution in [1.82, 2.24) is 19.5 Å². The van der Waals surface area contributed by atoms with Crippen molar-refractivity contribution >= 4 is 36.3 Å². The Morgan fingerprint density at radius 3 is 2.53 bits per heavy atom. The Morgan fingerprint density at radius 2 is 1.97 bits per heavy atom. The van der Waals surface area contributed by atoms with Gasteiger partial charge in [-0.05, 0) is 26.7 Å². The highest BCUT2D eigenvalue weighted by Crippen LogP contribution is 2.58. The fourth-order valence-corrected chi connectivity index (χ4v) is 4.46. The number of nitrogens with two attached hydrogens (primary N) is 1. The summed E-state index contributed by atoms with van der Waals surface area (Å²) in [4.78, 5) is 22.3. The molecule has 3 unspecified atom stereocenters. The van der Waals surface area contributed by atoms with E-state index in [1.54, 1.807) is 20.8 Å². The minimum absolute atomic E-state index is 0.0251. The van der Waals surface area contributed by atoms with Gasteiger partial charge >= 0.3 is 7.60 Å². The number of aliphatic hydroxyl groups excluding tert-OH is 2. The van der Waals surface area contributed by atoms with Crippen LogP contribution in [-0.2, 0) is 13.8 Å². The van der Waals surface area contributed by atoms with E-state index in [0.29, 0.717) is 6.42 Å². The third-order valence-electron chi connectivity index (χ3n) is 5.48. The largest absolute Gasteiger partial charge is 0.394 e. The molecule has 0 saturated heterocycles. The fraction of sp³-hybridized carbons (Fsp3) is 0.722. The Bertz CT molecular complexity index is 975. The number of anilines is 1. The molecule has 182 valence electrons. The van der Waals surface area contributed by atoms with Crippen LogP contribution >= 0.6 is 19.2 Å². The highest BCUT2D eigenvalue weighted by atomic mass is 35.5. The molecular formula is C18H31ClN5O7P. The Labute approximate surface area is 190 Å². The van der Waals surface area contributed by atoms with Gasteiger partial charge in [-0.1, -0.05) is 25.4 Å². The molecule has 2 heterocycles. The molecule has 2 aromatic rings. The van der Waals surface area contributed by atoms with E-state index in [0.717, 1.165) is 0 Å². The SMILES string of the molecule is CCC(C)(CCO[C@H]([C@H](O)CO)n1cnc2c(Cl)nc(N)nc21)OP(=O)(O)C(C)(O)CC. The number of halogens is 1. The molecule has 6 N–H and O–H groups in total. The molecule has 0 aliphatic carbocycles. The Hall–Kier alpha value is -1.37. The minimum atomic E-state index is -4.36. The van der Waals surface area contributed by atoms with Crippen LogP contribution in [0.5, 0.6) is 0 Å². The van der Waals surface area contributed by atoms with Crippen molar-refractivity contribution in [1.29, 1.82) is 0 Å². The van der Waals surface area contributed by atoms with Crippen LogP contribution in [0.4, 0.5) is 5.95 Å². The zero-order chi connectivity index (χ0) is 24.3. The Balaban J connectivity index is 2.22. The standard InChI is InChI=1S/C18H31ClN5O7P/c1-5-17(3,31-32(28,29)18(4,27)6-2)7-8-30-15(11(26)9-25)24-10-21-12-13(19)22-16(20)23-14(12)24/h10-11,15,25-27H,5-9H2,1-4H3,(H,28,29)(H2,20,22,23)/t11-,15-,17?,18?/m1/s1. The lowest BCUT2D eigenvalue weighted by Crippen LogP contribution is -2.35. The topological polar surface area (TPSA) is 186 Å². The van der Waals surface area contributed by atoms with Crippen molar-refractivity contribution in [2.24, 2.45) is 0 Å². The lowest BCUT2D eigenvalue weighted by atomic mass is 10.0. The number of hydrogen-bond donors (Lipinski definition) is 5. The fourth-order valence-electron chi connectivity index (χ4n) is 2.83. The minimum Gasteiger partial charge on any atom is -0.394 e. The maximum atomic E-state index is 12.6. The molecule has 0 aliphatic rings. The summed E-state index contributed by atoms with van der Waals surface area (Å²) in [5.41, 5.74) is 4.99. The van der Waals surface area contributed by atoms with Crippen LogP contribution in [0.3, 0.4) is 0 Å².